The van der Waals surface area contributed by atoms with Gasteiger partial charge in [0.05, 0.1) is 0 Å². The maximum absolute atomic E-state index is 12.4. The van der Waals surface area contributed by atoms with E-state index in [9.17, 15) is 4.79 Å². The molecule has 1 aliphatic heterocycles. The SMILES string of the molecule is CCN1CCN(c2ccc(NC(=S)NC(=O)c3ccc(C)c(C)c3)cc2)CC1. The van der Waals surface area contributed by atoms with Crippen LogP contribution >= 0.6 is 12.2 Å². The molecule has 1 heterocycles. The van der Waals surface area contributed by atoms with Gasteiger partial charge in [0.15, 0.2) is 5.11 Å². The van der Waals surface area contributed by atoms with Crippen LogP contribution < -0.4 is 15.5 Å². The fourth-order valence-corrected chi connectivity index (χ4v) is 3.51. The topological polar surface area (TPSA) is 47.6 Å². The molecule has 5 nitrogen and oxygen atoms in total. The first-order valence-electron chi connectivity index (χ1n) is 9.73. The molecule has 0 unspecified atom stereocenters. The standard InChI is InChI=1S/C22H28N4OS/c1-4-25-11-13-26(14-12-25)20-9-7-19(8-10-20)23-22(28)24-21(27)18-6-5-16(2)17(3)15-18/h5-10,15H,4,11-14H2,1-3H3,(H2,23,24,27,28). The average molecular weight is 397 g/mol. The Morgan fingerprint density at radius 2 is 1.68 bits per heavy atom. The molecule has 3 rings (SSSR count). The molecule has 2 aromatic rings. The summed E-state index contributed by atoms with van der Waals surface area (Å²) in [6.07, 6.45) is 0. The quantitative estimate of drug-likeness (QED) is 0.774. The molecule has 1 amide bonds. The molecule has 0 spiro atoms. The van der Waals surface area contributed by atoms with Crippen LogP contribution in [0.15, 0.2) is 42.5 Å². The number of rotatable bonds is 4. The normalized spacial score (nSPS) is 14.6. The number of hydrogen-bond acceptors (Lipinski definition) is 4. The Morgan fingerprint density at radius 1 is 1.00 bits per heavy atom. The van der Waals surface area contributed by atoms with E-state index < -0.39 is 0 Å². The van der Waals surface area contributed by atoms with Crippen molar-refractivity contribution in [1.29, 1.82) is 0 Å². The van der Waals surface area contributed by atoms with Crippen molar-refractivity contribution in [1.82, 2.24) is 10.2 Å². The molecular formula is C22H28N4OS. The maximum atomic E-state index is 12.4. The molecular weight excluding hydrogens is 368 g/mol. The van der Waals surface area contributed by atoms with Gasteiger partial charge in [0.1, 0.15) is 0 Å². The molecule has 1 saturated heterocycles. The van der Waals surface area contributed by atoms with Gasteiger partial charge in [-0.3, -0.25) is 10.1 Å². The van der Waals surface area contributed by atoms with E-state index in [0.29, 0.717) is 10.7 Å². The molecule has 0 bridgehead atoms. The van der Waals surface area contributed by atoms with Crippen molar-refractivity contribution in [2.75, 3.05) is 42.9 Å². The fourth-order valence-electron chi connectivity index (χ4n) is 3.30. The zero-order chi connectivity index (χ0) is 20.1. The van der Waals surface area contributed by atoms with Crippen LogP contribution in [0.1, 0.15) is 28.4 Å². The van der Waals surface area contributed by atoms with Crippen molar-refractivity contribution in [2.24, 2.45) is 0 Å². The number of carbonyl (C=O) groups excluding carboxylic acids is 1. The van der Waals surface area contributed by atoms with E-state index in [1.54, 1.807) is 0 Å². The Hall–Kier alpha value is -2.44. The number of likely N-dealkylation sites (N-methyl/N-ethyl adjacent to an activating group) is 1. The van der Waals surface area contributed by atoms with Crippen LogP contribution in [0.3, 0.4) is 0 Å². The average Bonchev–Trinajstić information content (AvgIpc) is 2.70. The first-order chi connectivity index (χ1) is 13.5. The van der Waals surface area contributed by atoms with Crippen molar-refractivity contribution < 1.29 is 4.79 Å². The van der Waals surface area contributed by atoms with Gasteiger partial charge in [-0.15, -0.1) is 0 Å². The summed E-state index contributed by atoms with van der Waals surface area (Å²) in [4.78, 5) is 17.2. The summed E-state index contributed by atoms with van der Waals surface area (Å²) >= 11 is 5.30. The van der Waals surface area contributed by atoms with E-state index in [4.69, 9.17) is 12.2 Å². The number of nitrogens with one attached hydrogen (secondary N) is 2. The number of hydrogen-bond donors (Lipinski definition) is 2. The Labute approximate surface area is 172 Å². The number of amides is 1. The van der Waals surface area contributed by atoms with Gasteiger partial charge in [-0.1, -0.05) is 13.0 Å². The van der Waals surface area contributed by atoms with Crippen molar-refractivity contribution >= 4 is 34.6 Å². The molecule has 2 aromatic carbocycles. The maximum Gasteiger partial charge on any atom is 0.257 e. The van der Waals surface area contributed by atoms with Crippen LogP contribution in [0, 0.1) is 13.8 Å². The number of anilines is 2. The van der Waals surface area contributed by atoms with Crippen LogP contribution in [0.5, 0.6) is 0 Å². The van der Waals surface area contributed by atoms with Gasteiger partial charge in [0.25, 0.3) is 5.91 Å². The van der Waals surface area contributed by atoms with Crippen LogP contribution in [0.25, 0.3) is 0 Å². The highest BCUT2D eigenvalue weighted by Gasteiger charge is 2.15. The zero-order valence-electron chi connectivity index (χ0n) is 16.8. The number of benzene rings is 2. The molecule has 2 N–H and O–H groups in total. The highest BCUT2D eigenvalue weighted by molar-refractivity contribution is 7.80. The number of aryl methyl sites for hydroxylation is 2. The summed E-state index contributed by atoms with van der Waals surface area (Å²) in [6, 6.07) is 13.8. The molecule has 6 heteroatoms. The predicted molar refractivity (Wildman–Crippen MR) is 120 cm³/mol. The van der Waals surface area contributed by atoms with E-state index in [2.05, 4.69) is 39.5 Å². The van der Waals surface area contributed by atoms with Crippen LogP contribution in [-0.4, -0.2) is 48.6 Å². The van der Waals surface area contributed by atoms with Gasteiger partial charge >= 0.3 is 0 Å². The lowest BCUT2D eigenvalue weighted by molar-refractivity contribution is 0.0977. The fraction of sp³-hybridized carbons (Fsp3) is 0.364. The van der Waals surface area contributed by atoms with E-state index in [-0.39, 0.29) is 5.91 Å². The summed E-state index contributed by atoms with van der Waals surface area (Å²) in [5.74, 6) is -0.203. The van der Waals surface area contributed by atoms with Crippen molar-refractivity contribution in [3.63, 3.8) is 0 Å². The van der Waals surface area contributed by atoms with Crippen LogP contribution in [0.4, 0.5) is 11.4 Å². The van der Waals surface area contributed by atoms with Crippen LogP contribution in [-0.2, 0) is 0 Å². The molecule has 0 saturated carbocycles. The molecule has 0 atom stereocenters. The Kier molecular flexibility index (Phi) is 6.65. The largest absolute Gasteiger partial charge is 0.369 e. The van der Waals surface area contributed by atoms with Gasteiger partial charge in [-0.25, -0.2) is 0 Å². The van der Waals surface area contributed by atoms with Crippen molar-refractivity contribution in [3.05, 3.63) is 59.2 Å². The smallest absolute Gasteiger partial charge is 0.257 e. The number of piperazine rings is 1. The number of nitrogens with zero attached hydrogens (tertiary/aromatic N) is 2. The highest BCUT2D eigenvalue weighted by atomic mass is 32.1. The predicted octanol–water partition coefficient (Wildman–Crippen LogP) is 3.57. The third-order valence-electron chi connectivity index (χ3n) is 5.31. The van der Waals surface area contributed by atoms with Gasteiger partial charge in [0, 0.05) is 43.1 Å². The molecule has 28 heavy (non-hydrogen) atoms. The summed E-state index contributed by atoms with van der Waals surface area (Å²) in [5.41, 5.74) is 4.93. The minimum atomic E-state index is -0.203. The van der Waals surface area contributed by atoms with Gasteiger partial charge in [0.2, 0.25) is 0 Å². The second-order valence-electron chi connectivity index (χ2n) is 7.18. The summed E-state index contributed by atoms with van der Waals surface area (Å²) in [7, 11) is 0. The second-order valence-corrected chi connectivity index (χ2v) is 7.58. The Bertz CT molecular complexity index is 842. The number of thiocarbonyl (C=S) groups is 1. The minimum Gasteiger partial charge on any atom is -0.369 e. The first kappa shape index (κ1) is 20.3. The van der Waals surface area contributed by atoms with Crippen LogP contribution in [0.2, 0.25) is 0 Å². The summed E-state index contributed by atoms with van der Waals surface area (Å²) in [6.45, 7) is 11.6. The molecule has 0 aliphatic carbocycles. The minimum absolute atomic E-state index is 0.203. The summed E-state index contributed by atoms with van der Waals surface area (Å²) < 4.78 is 0. The molecule has 1 fully saturated rings. The van der Waals surface area contributed by atoms with E-state index in [1.807, 2.05) is 44.2 Å². The molecule has 1 aliphatic rings. The van der Waals surface area contributed by atoms with Crippen molar-refractivity contribution in [3.8, 4) is 0 Å². The lowest BCUT2D eigenvalue weighted by atomic mass is 10.1. The van der Waals surface area contributed by atoms with Crippen molar-refractivity contribution in [2.45, 2.75) is 20.8 Å². The third-order valence-corrected chi connectivity index (χ3v) is 5.51. The Balaban J connectivity index is 1.54. The Morgan fingerprint density at radius 3 is 2.29 bits per heavy atom. The molecule has 148 valence electrons. The lowest BCUT2D eigenvalue weighted by Crippen LogP contribution is -2.46. The zero-order valence-corrected chi connectivity index (χ0v) is 17.6. The van der Waals surface area contributed by atoms with E-state index in [0.717, 1.165) is 49.5 Å². The first-order valence-corrected chi connectivity index (χ1v) is 10.1. The van der Waals surface area contributed by atoms with E-state index >= 15 is 0 Å². The van der Waals surface area contributed by atoms with E-state index in [1.165, 1.54) is 5.69 Å². The highest BCUT2D eigenvalue weighted by Crippen LogP contribution is 2.19. The second kappa shape index (κ2) is 9.17. The monoisotopic (exact) mass is 396 g/mol. The van der Waals surface area contributed by atoms with Gasteiger partial charge in [-0.2, -0.15) is 0 Å². The third kappa shape index (κ3) is 5.09. The number of carbonyl (C=O) groups is 1. The molecule has 0 radical (unpaired) electrons. The van der Waals surface area contributed by atoms with Gasteiger partial charge < -0.3 is 15.1 Å². The summed E-state index contributed by atoms with van der Waals surface area (Å²) in [5, 5.41) is 6.13. The molecule has 0 aromatic heterocycles. The lowest BCUT2D eigenvalue weighted by Gasteiger charge is -2.35. The van der Waals surface area contributed by atoms with Gasteiger partial charge in [-0.05, 0) is 80.1 Å².